The zero-order valence-electron chi connectivity index (χ0n) is 23.9. The number of carbonyl (C=O) groups excluding carboxylic acids is 2. The number of nitrogens with zero attached hydrogens (tertiary/aromatic N) is 2. The Kier molecular flexibility index (Phi) is 11.0. The highest BCUT2D eigenvalue weighted by molar-refractivity contribution is 5.92. The van der Waals surface area contributed by atoms with E-state index in [4.69, 9.17) is 5.73 Å². The zero-order chi connectivity index (χ0) is 31.3. The molecular weight excluding hydrogens is 560 g/mol. The summed E-state index contributed by atoms with van der Waals surface area (Å²) in [5, 5.41) is 30.7. The van der Waals surface area contributed by atoms with Gasteiger partial charge in [0.05, 0.1) is 5.92 Å². The van der Waals surface area contributed by atoms with Gasteiger partial charge in [0.15, 0.2) is 5.03 Å². The van der Waals surface area contributed by atoms with Crippen LogP contribution in [0.1, 0.15) is 35.4 Å². The molecule has 6 N–H and O–H groups in total. The molecule has 1 atom stereocenters. The fourth-order valence-electron chi connectivity index (χ4n) is 4.74. The summed E-state index contributed by atoms with van der Waals surface area (Å²) in [5.41, 5.74) is 9.85. The molecule has 0 aliphatic rings. The monoisotopic (exact) mass is 594 g/mol. The topological polar surface area (TPSA) is 172 Å². The highest BCUT2D eigenvalue weighted by atomic mass is 16.7. The number of nitrogens with two attached hydrogens (primary N) is 1. The molecule has 0 unspecified atom stereocenters. The highest BCUT2D eigenvalue weighted by Crippen LogP contribution is 2.25. The quantitative estimate of drug-likeness (QED) is 0.0514. The van der Waals surface area contributed by atoms with E-state index in [1.807, 2.05) is 97.1 Å². The lowest BCUT2D eigenvalue weighted by atomic mass is 9.90. The summed E-state index contributed by atoms with van der Waals surface area (Å²) in [5.74, 6) is -1.49. The van der Waals surface area contributed by atoms with Crippen molar-refractivity contribution < 1.29 is 19.7 Å². The lowest BCUT2D eigenvalue weighted by molar-refractivity contribution is -0.485. The number of phenolic OH excluding ortho intramolecular Hbond substituents is 1. The molecule has 11 nitrogen and oxygen atoms in total. The van der Waals surface area contributed by atoms with Gasteiger partial charge in [0.1, 0.15) is 16.9 Å². The van der Waals surface area contributed by atoms with E-state index in [2.05, 4.69) is 21.1 Å². The van der Waals surface area contributed by atoms with E-state index in [1.165, 1.54) is 0 Å². The maximum atomic E-state index is 13.8. The number of rotatable bonds is 13. The fourth-order valence-corrected chi connectivity index (χ4v) is 4.74. The van der Waals surface area contributed by atoms with Crippen LogP contribution in [0.15, 0.2) is 114 Å². The summed E-state index contributed by atoms with van der Waals surface area (Å²) < 4.78 is 0. The normalized spacial score (nSPS) is 11.9. The van der Waals surface area contributed by atoms with Crippen LogP contribution < -0.4 is 21.7 Å². The van der Waals surface area contributed by atoms with Crippen LogP contribution in [0.2, 0.25) is 0 Å². The standard InChI is InChI=1S/C33H34N6O5/c34-33(38-39(43)44)35-21-7-12-29(37-32(42)30(26-8-3-1-4-9-26)27-10-5-2-6-11-27)31(41)36-22-23-13-15-24(16-14-23)25-17-19-28(40)20-18-25/h1-6,8-11,13-20,29-30,40H,7,12,21-22H2,(H,36,41)(H,37,42)(H3,34,35,38)/t29-/m0/s1. The molecule has 0 bridgehead atoms. The smallest absolute Gasteiger partial charge is 0.266 e. The summed E-state index contributed by atoms with van der Waals surface area (Å²) in [6.07, 6.45) is 0.612. The average molecular weight is 595 g/mol. The summed E-state index contributed by atoms with van der Waals surface area (Å²) >= 11 is 0. The lowest BCUT2D eigenvalue weighted by Gasteiger charge is -2.23. The van der Waals surface area contributed by atoms with Gasteiger partial charge in [0.25, 0.3) is 5.96 Å². The van der Waals surface area contributed by atoms with E-state index in [9.17, 15) is 24.8 Å². The van der Waals surface area contributed by atoms with Crippen molar-refractivity contribution in [2.24, 2.45) is 10.8 Å². The molecule has 0 heterocycles. The summed E-state index contributed by atoms with van der Waals surface area (Å²) in [4.78, 5) is 37.7. The molecule has 0 saturated heterocycles. The number of carbonyl (C=O) groups is 2. The third-order valence-electron chi connectivity index (χ3n) is 6.95. The first-order valence-electron chi connectivity index (χ1n) is 14.1. The molecule has 226 valence electrons. The van der Waals surface area contributed by atoms with Gasteiger partial charge in [-0.2, -0.15) is 0 Å². The maximum Gasteiger partial charge on any atom is 0.266 e. The number of hydrogen-bond donors (Lipinski definition) is 5. The van der Waals surface area contributed by atoms with Crippen LogP contribution in [0, 0.1) is 10.1 Å². The Hall–Kier alpha value is -5.71. The SMILES string of the molecule is NC(=N[N+](=O)[O-])NCCC[C@H](NC(=O)C(c1ccccc1)c1ccccc1)C(=O)NCc1ccc(-c2ccc(O)cc2)cc1. The third kappa shape index (κ3) is 9.15. The third-order valence-corrected chi connectivity index (χ3v) is 6.95. The largest absolute Gasteiger partial charge is 0.508 e. The molecule has 0 fully saturated rings. The van der Waals surface area contributed by atoms with Crippen LogP contribution in [0.3, 0.4) is 0 Å². The van der Waals surface area contributed by atoms with Crippen molar-refractivity contribution >= 4 is 17.8 Å². The minimum absolute atomic E-state index is 0.192. The number of phenols is 1. The van der Waals surface area contributed by atoms with Crippen LogP contribution in [0.5, 0.6) is 5.75 Å². The summed E-state index contributed by atoms with van der Waals surface area (Å²) in [6, 6.07) is 32.3. The maximum absolute atomic E-state index is 13.8. The number of nitro groups is 1. The van der Waals surface area contributed by atoms with Gasteiger partial charge < -0.3 is 26.8 Å². The minimum Gasteiger partial charge on any atom is -0.508 e. The number of hydrogen-bond acceptors (Lipinski definition) is 5. The molecule has 2 amide bonds. The van der Waals surface area contributed by atoms with Crippen molar-refractivity contribution in [2.75, 3.05) is 6.54 Å². The molecule has 0 aliphatic heterocycles. The van der Waals surface area contributed by atoms with Crippen LogP contribution in [-0.4, -0.2) is 40.5 Å². The predicted octanol–water partition coefficient (Wildman–Crippen LogP) is 3.87. The Morgan fingerprint density at radius 1 is 0.795 bits per heavy atom. The zero-order valence-corrected chi connectivity index (χ0v) is 23.9. The number of nitrogens with one attached hydrogen (secondary N) is 3. The fraction of sp³-hybridized carbons (Fsp3) is 0.182. The summed E-state index contributed by atoms with van der Waals surface area (Å²) in [7, 11) is 0. The van der Waals surface area contributed by atoms with Crippen LogP contribution in [-0.2, 0) is 16.1 Å². The Morgan fingerprint density at radius 3 is 1.89 bits per heavy atom. The molecule has 4 aromatic carbocycles. The van der Waals surface area contributed by atoms with Crippen molar-refractivity contribution in [3.05, 3.63) is 136 Å². The number of benzene rings is 4. The first-order valence-corrected chi connectivity index (χ1v) is 14.1. The van der Waals surface area contributed by atoms with E-state index in [0.29, 0.717) is 6.42 Å². The molecule has 0 radical (unpaired) electrons. The van der Waals surface area contributed by atoms with E-state index >= 15 is 0 Å². The second-order valence-corrected chi connectivity index (χ2v) is 10.1. The second kappa shape index (κ2) is 15.5. The highest BCUT2D eigenvalue weighted by Gasteiger charge is 2.27. The molecule has 0 aliphatic carbocycles. The van der Waals surface area contributed by atoms with Crippen molar-refractivity contribution in [1.29, 1.82) is 0 Å². The van der Waals surface area contributed by atoms with Gasteiger partial charge in [0, 0.05) is 13.1 Å². The Balaban J connectivity index is 1.46. The van der Waals surface area contributed by atoms with Gasteiger partial charge in [-0.05, 0) is 52.8 Å². The van der Waals surface area contributed by atoms with E-state index in [1.54, 1.807) is 12.1 Å². The Morgan fingerprint density at radius 2 is 1.34 bits per heavy atom. The van der Waals surface area contributed by atoms with Crippen molar-refractivity contribution in [2.45, 2.75) is 31.3 Å². The van der Waals surface area contributed by atoms with Gasteiger partial charge in [-0.3, -0.25) is 9.59 Å². The number of aromatic hydroxyl groups is 1. The molecule has 0 saturated carbocycles. The number of amides is 2. The number of guanidine groups is 1. The van der Waals surface area contributed by atoms with Crippen molar-refractivity contribution in [3.63, 3.8) is 0 Å². The first-order chi connectivity index (χ1) is 21.3. The van der Waals surface area contributed by atoms with Gasteiger partial charge in [0.2, 0.25) is 11.8 Å². The molecule has 0 aromatic heterocycles. The number of hydrazone groups is 1. The van der Waals surface area contributed by atoms with Gasteiger partial charge in [-0.25, -0.2) is 10.1 Å². The first kappa shape index (κ1) is 31.2. The van der Waals surface area contributed by atoms with Crippen molar-refractivity contribution in [1.82, 2.24) is 16.0 Å². The minimum atomic E-state index is -0.899. The van der Waals surface area contributed by atoms with Gasteiger partial charge in [-0.1, -0.05) is 97.1 Å². The van der Waals surface area contributed by atoms with E-state index in [0.717, 1.165) is 27.8 Å². The molecule has 4 rings (SSSR count). The second-order valence-electron chi connectivity index (χ2n) is 10.1. The van der Waals surface area contributed by atoms with Crippen LogP contribution in [0.25, 0.3) is 11.1 Å². The van der Waals surface area contributed by atoms with Gasteiger partial charge >= 0.3 is 0 Å². The molecule has 11 heteroatoms. The Labute approximate surface area is 255 Å². The molecular formula is C33H34N6O5. The molecule has 4 aromatic rings. The lowest BCUT2D eigenvalue weighted by Crippen LogP contribution is -2.48. The van der Waals surface area contributed by atoms with Gasteiger partial charge in [-0.15, -0.1) is 0 Å². The van der Waals surface area contributed by atoms with E-state index < -0.39 is 17.0 Å². The molecule has 44 heavy (non-hydrogen) atoms. The van der Waals surface area contributed by atoms with Crippen LogP contribution >= 0.6 is 0 Å². The predicted molar refractivity (Wildman–Crippen MR) is 168 cm³/mol. The van der Waals surface area contributed by atoms with Crippen molar-refractivity contribution in [3.8, 4) is 16.9 Å². The summed E-state index contributed by atoms with van der Waals surface area (Å²) in [6.45, 7) is 0.449. The average Bonchev–Trinajstić information content (AvgIpc) is 3.03. The van der Waals surface area contributed by atoms with Crippen LogP contribution in [0.4, 0.5) is 0 Å². The van der Waals surface area contributed by atoms with E-state index in [-0.39, 0.29) is 43.0 Å². The molecule has 0 spiro atoms. The Bertz CT molecular complexity index is 1520.